The number of anilines is 1. The molecular weight excluding hydrogens is 322 g/mol. The van der Waals surface area contributed by atoms with E-state index >= 15 is 0 Å². The number of nitriles is 1. The molecule has 0 aliphatic heterocycles. The monoisotopic (exact) mass is 337 g/mol. The molecular formula is C17H15N5OS. The molecule has 3 rings (SSSR count). The average molecular weight is 337 g/mol. The lowest BCUT2D eigenvalue weighted by Gasteiger charge is -2.05. The van der Waals surface area contributed by atoms with Crippen LogP contribution in [0.3, 0.4) is 0 Å². The molecule has 0 saturated heterocycles. The molecule has 3 aromatic rings. The van der Waals surface area contributed by atoms with Crippen LogP contribution in [0.1, 0.15) is 11.3 Å². The molecule has 120 valence electrons. The third-order valence-electron chi connectivity index (χ3n) is 3.52. The maximum absolute atomic E-state index is 10.6. The maximum Gasteiger partial charge on any atom is 0.223 e. The van der Waals surface area contributed by atoms with Gasteiger partial charge in [0.15, 0.2) is 5.82 Å². The molecule has 24 heavy (non-hydrogen) atoms. The number of aryl methyl sites for hydroxylation is 1. The Morgan fingerprint density at radius 3 is 2.54 bits per heavy atom. The van der Waals surface area contributed by atoms with Crippen molar-refractivity contribution in [2.75, 3.05) is 11.0 Å². The second kappa shape index (κ2) is 6.64. The SMILES string of the molecule is CSNc1ccc(-n2nc(C)c(-c3ccc(C#N)cc3)c2O)nc1. The molecule has 2 heterocycles. The molecule has 0 fully saturated rings. The first kappa shape index (κ1) is 15.9. The molecule has 0 spiro atoms. The number of benzene rings is 1. The normalized spacial score (nSPS) is 10.4. The van der Waals surface area contributed by atoms with Gasteiger partial charge in [0.05, 0.1) is 34.8 Å². The van der Waals surface area contributed by atoms with Gasteiger partial charge in [-0.05, 0) is 36.8 Å². The van der Waals surface area contributed by atoms with Crippen LogP contribution in [0.4, 0.5) is 5.69 Å². The zero-order chi connectivity index (χ0) is 17.1. The van der Waals surface area contributed by atoms with E-state index in [9.17, 15) is 5.11 Å². The molecule has 1 aromatic carbocycles. The summed E-state index contributed by atoms with van der Waals surface area (Å²) >= 11 is 1.48. The second-order valence-electron chi connectivity index (χ2n) is 5.10. The molecule has 0 aliphatic carbocycles. The van der Waals surface area contributed by atoms with E-state index in [2.05, 4.69) is 20.9 Å². The van der Waals surface area contributed by atoms with Crippen LogP contribution in [0.2, 0.25) is 0 Å². The van der Waals surface area contributed by atoms with Crippen molar-refractivity contribution in [3.8, 4) is 28.9 Å². The number of hydrogen-bond donors (Lipinski definition) is 2. The summed E-state index contributed by atoms with van der Waals surface area (Å²) in [5, 5.41) is 23.9. The Bertz CT molecular complexity index is 894. The highest BCUT2D eigenvalue weighted by atomic mass is 32.2. The van der Waals surface area contributed by atoms with Crippen LogP contribution in [0, 0.1) is 18.3 Å². The van der Waals surface area contributed by atoms with E-state index in [1.165, 1.54) is 16.6 Å². The van der Waals surface area contributed by atoms with Crippen molar-refractivity contribution in [1.29, 1.82) is 5.26 Å². The minimum Gasteiger partial charge on any atom is -0.493 e. The first-order valence-corrected chi connectivity index (χ1v) is 8.41. The fourth-order valence-corrected chi connectivity index (χ4v) is 2.77. The van der Waals surface area contributed by atoms with E-state index in [4.69, 9.17) is 5.26 Å². The van der Waals surface area contributed by atoms with Gasteiger partial charge in [-0.25, -0.2) is 4.98 Å². The molecule has 0 radical (unpaired) electrons. The van der Waals surface area contributed by atoms with E-state index in [-0.39, 0.29) is 5.88 Å². The highest BCUT2D eigenvalue weighted by Crippen LogP contribution is 2.34. The van der Waals surface area contributed by atoms with Crippen LogP contribution in [-0.4, -0.2) is 26.1 Å². The third-order valence-corrected chi connectivity index (χ3v) is 3.96. The first-order chi connectivity index (χ1) is 11.6. The molecule has 0 unspecified atom stereocenters. The lowest BCUT2D eigenvalue weighted by atomic mass is 10.0. The van der Waals surface area contributed by atoms with Gasteiger partial charge in [-0.3, -0.25) is 0 Å². The highest BCUT2D eigenvalue weighted by Gasteiger charge is 2.18. The second-order valence-corrected chi connectivity index (χ2v) is 5.71. The number of nitrogens with zero attached hydrogens (tertiary/aromatic N) is 4. The fourth-order valence-electron chi connectivity index (χ4n) is 2.41. The zero-order valence-electron chi connectivity index (χ0n) is 13.2. The molecule has 7 heteroatoms. The Balaban J connectivity index is 2.01. The van der Waals surface area contributed by atoms with Gasteiger partial charge in [0, 0.05) is 6.26 Å². The van der Waals surface area contributed by atoms with Gasteiger partial charge < -0.3 is 9.83 Å². The van der Waals surface area contributed by atoms with Crippen molar-refractivity contribution in [3.63, 3.8) is 0 Å². The summed E-state index contributed by atoms with van der Waals surface area (Å²) in [5.74, 6) is 0.553. The smallest absolute Gasteiger partial charge is 0.223 e. The number of pyridine rings is 1. The zero-order valence-corrected chi connectivity index (χ0v) is 14.0. The van der Waals surface area contributed by atoms with E-state index < -0.39 is 0 Å². The van der Waals surface area contributed by atoms with Crippen molar-refractivity contribution in [2.24, 2.45) is 0 Å². The summed E-state index contributed by atoms with van der Waals surface area (Å²) in [5.41, 5.74) is 3.57. The van der Waals surface area contributed by atoms with E-state index in [0.29, 0.717) is 22.6 Å². The van der Waals surface area contributed by atoms with Crippen molar-refractivity contribution in [3.05, 3.63) is 53.9 Å². The molecule has 2 N–H and O–H groups in total. The van der Waals surface area contributed by atoms with Gasteiger partial charge in [-0.15, -0.1) is 0 Å². The van der Waals surface area contributed by atoms with Gasteiger partial charge >= 0.3 is 0 Å². The number of hydrogen-bond acceptors (Lipinski definition) is 6. The van der Waals surface area contributed by atoms with Crippen molar-refractivity contribution in [1.82, 2.24) is 14.8 Å². The number of nitrogens with one attached hydrogen (secondary N) is 1. The summed E-state index contributed by atoms with van der Waals surface area (Å²) in [4.78, 5) is 4.33. The Kier molecular flexibility index (Phi) is 4.40. The number of aromatic hydroxyl groups is 1. The number of aromatic nitrogens is 3. The van der Waals surface area contributed by atoms with E-state index in [0.717, 1.165) is 11.3 Å². The summed E-state index contributed by atoms with van der Waals surface area (Å²) in [6.07, 6.45) is 3.62. The molecule has 2 aromatic heterocycles. The molecule has 0 amide bonds. The van der Waals surface area contributed by atoms with Crippen LogP contribution in [0.25, 0.3) is 16.9 Å². The molecule has 0 atom stereocenters. The molecule has 0 aliphatic rings. The van der Waals surface area contributed by atoms with Gasteiger partial charge in [-0.1, -0.05) is 24.1 Å². The van der Waals surface area contributed by atoms with Crippen molar-refractivity contribution >= 4 is 17.6 Å². The highest BCUT2D eigenvalue weighted by molar-refractivity contribution is 7.99. The fraction of sp³-hybridized carbons (Fsp3) is 0.118. The lowest BCUT2D eigenvalue weighted by Crippen LogP contribution is -1.99. The molecule has 0 bridgehead atoms. The molecule has 6 nitrogen and oxygen atoms in total. The molecule has 0 saturated carbocycles. The minimum absolute atomic E-state index is 0.0234. The van der Waals surface area contributed by atoms with Gasteiger partial charge in [0.1, 0.15) is 0 Å². The van der Waals surface area contributed by atoms with Crippen LogP contribution in [0.15, 0.2) is 42.6 Å². The number of rotatable bonds is 4. The summed E-state index contributed by atoms with van der Waals surface area (Å²) in [6.45, 7) is 1.83. The maximum atomic E-state index is 10.6. The van der Waals surface area contributed by atoms with Crippen molar-refractivity contribution < 1.29 is 5.11 Å². The Morgan fingerprint density at radius 1 is 1.21 bits per heavy atom. The van der Waals surface area contributed by atoms with Gasteiger partial charge in [0.2, 0.25) is 5.88 Å². The third kappa shape index (κ3) is 2.92. The topological polar surface area (TPSA) is 86.8 Å². The van der Waals surface area contributed by atoms with Gasteiger partial charge in [-0.2, -0.15) is 15.0 Å². The standard InChI is InChI=1S/C17H15N5OS/c1-11-16(13-5-3-12(9-18)4-6-13)17(23)22(20-11)15-8-7-14(10-19-15)21-24-2/h3-8,10,21,23H,1-2H3. The van der Waals surface area contributed by atoms with E-state index in [1.54, 1.807) is 36.5 Å². The van der Waals surface area contributed by atoms with Gasteiger partial charge in [0.25, 0.3) is 0 Å². The van der Waals surface area contributed by atoms with Crippen LogP contribution < -0.4 is 4.72 Å². The first-order valence-electron chi connectivity index (χ1n) is 7.18. The van der Waals surface area contributed by atoms with E-state index in [1.807, 2.05) is 19.2 Å². The summed E-state index contributed by atoms with van der Waals surface area (Å²) < 4.78 is 4.50. The summed E-state index contributed by atoms with van der Waals surface area (Å²) in [7, 11) is 0. The lowest BCUT2D eigenvalue weighted by molar-refractivity contribution is 0.433. The Labute approximate surface area is 143 Å². The Morgan fingerprint density at radius 2 is 1.96 bits per heavy atom. The van der Waals surface area contributed by atoms with Crippen LogP contribution >= 0.6 is 11.9 Å². The predicted octanol–water partition coefficient (Wildman–Crippen LogP) is 3.51. The predicted molar refractivity (Wildman–Crippen MR) is 95.0 cm³/mol. The van der Waals surface area contributed by atoms with Crippen LogP contribution in [0.5, 0.6) is 5.88 Å². The van der Waals surface area contributed by atoms with Crippen LogP contribution in [-0.2, 0) is 0 Å². The quantitative estimate of drug-likeness (QED) is 0.709. The van der Waals surface area contributed by atoms with Crippen molar-refractivity contribution in [2.45, 2.75) is 6.92 Å². The minimum atomic E-state index is 0.0234. The summed E-state index contributed by atoms with van der Waals surface area (Å²) in [6, 6.07) is 12.8. The largest absolute Gasteiger partial charge is 0.493 e. The Hall–Kier alpha value is -2.98. The average Bonchev–Trinajstić information content (AvgIpc) is 2.90.